The molecule has 2 aromatic rings. The molecule has 5 nitrogen and oxygen atoms in total. The van der Waals surface area contributed by atoms with Gasteiger partial charge in [0.05, 0.1) is 0 Å². The largest absolute Gasteiger partial charge is 0.320 e. The molecule has 1 atom stereocenters. The van der Waals surface area contributed by atoms with E-state index in [0.717, 1.165) is 10.4 Å². The second kappa shape index (κ2) is 5.92. The van der Waals surface area contributed by atoms with E-state index < -0.39 is 0 Å². The van der Waals surface area contributed by atoms with E-state index in [2.05, 4.69) is 5.10 Å². The van der Waals surface area contributed by atoms with Crippen LogP contribution in [0.5, 0.6) is 0 Å². The molecule has 1 aliphatic rings. The third-order valence-corrected chi connectivity index (χ3v) is 4.75. The van der Waals surface area contributed by atoms with Gasteiger partial charge in [-0.3, -0.25) is 9.59 Å². The number of hydrogen-bond donors (Lipinski definition) is 0. The quantitative estimate of drug-likeness (QED) is 0.847. The highest BCUT2D eigenvalue weighted by atomic mass is 32.2. The summed E-state index contributed by atoms with van der Waals surface area (Å²) in [5.41, 5.74) is 0.395. The minimum Gasteiger partial charge on any atom is -0.320 e. The fraction of sp³-hybridized carbons (Fsp3) is 0.267. The number of halogens is 1. The number of hydrogen-bond acceptors (Lipinski definition) is 4. The molecule has 1 aliphatic heterocycles. The van der Waals surface area contributed by atoms with Gasteiger partial charge in [-0.05, 0) is 12.1 Å². The number of thioether (sulfide) groups is 1. The Labute approximate surface area is 130 Å². The van der Waals surface area contributed by atoms with Crippen molar-refractivity contribution in [3.05, 3.63) is 63.8 Å². The van der Waals surface area contributed by atoms with Crippen LogP contribution in [0.25, 0.3) is 0 Å². The highest BCUT2D eigenvalue weighted by Gasteiger charge is 2.33. The molecule has 0 N–H and O–H groups in total. The Morgan fingerprint density at radius 2 is 2.09 bits per heavy atom. The third-order valence-electron chi connectivity index (χ3n) is 3.50. The van der Waals surface area contributed by atoms with Crippen LogP contribution in [0.4, 0.5) is 4.39 Å². The molecule has 0 aliphatic carbocycles. The summed E-state index contributed by atoms with van der Waals surface area (Å²) in [7, 11) is 1.49. The predicted molar refractivity (Wildman–Crippen MR) is 82.1 cm³/mol. The van der Waals surface area contributed by atoms with Crippen molar-refractivity contribution < 1.29 is 9.18 Å². The number of amides is 1. The summed E-state index contributed by atoms with van der Waals surface area (Å²) in [6.07, 6.45) is 0. The Kier molecular flexibility index (Phi) is 3.98. The molecule has 0 spiro atoms. The molecule has 7 heteroatoms. The number of carbonyl (C=O) groups excluding carboxylic acids is 1. The summed E-state index contributed by atoms with van der Waals surface area (Å²) in [6, 6.07) is 9.17. The van der Waals surface area contributed by atoms with Crippen LogP contribution in [0.3, 0.4) is 0 Å². The molecule has 3 rings (SSSR count). The fourth-order valence-corrected chi connectivity index (χ4v) is 3.65. The molecular weight excluding hydrogens is 305 g/mol. The second-order valence-electron chi connectivity index (χ2n) is 4.92. The SMILES string of the molecule is Cn1nc(C(=O)N2CCS[C@@H]2c2ccccc2F)ccc1=O. The zero-order valence-electron chi connectivity index (χ0n) is 11.9. The monoisotopic (exact) mass is 319 g/mol. The maximum Gasteiger partial charge on any atom is 0.275 e. The predicted octanol–water partition coefficient (Wildman–Crippen LogP) is 1.81. The average molecular weight is 319 g/mol. The highest BCUT2D eigenvalue weighted by Crippen LogP contribution is 2.39. The summed E-state index contributed by atoms with van der Waals surface area (Å²) in [5, 5.41) is 3.61. The van der Waals surface area contributed by atoms with E-state index >= 15 is 0 Å². The molecule has 0 saturated carbocycles. The van der Waals surface area contributed by atoms with Crippen LogP contribution in [-0.4, -0.2) is 32.9 Å². The van der Waals surface area contributed by atoms with E-state index in [1.165, 1.54) is 37.0 Å². The average Bonchev–Trinajstić information content (AvgIpc) is 2.99. The van der Waals surface area contributed by atoms with E-state index in [1.807, 2.05) is 0 Å². The zero-order valence-corrected chi connectivity index (χ0v) is 12.7. The molecule has 0 unspecified atom stereocenters. The van der Waals surface area contributed by atoms with Gasteiger partial charge in [-0.15, -0.1) is 11.8 Å². The third kappa shape index (κ3) is 2.64. The van der Waals surface area contributed by atoms with Crippen molar-refractivity contribution in [3.63, 3.8) is 0 Å². The van der Waals surface area contributed by atoms with Gasteiger partial charge in [0.1, 0.15) is 16.9 Å². The fourth-order valence-electron chi connectivity index (χ4n) is 2.37. The number of aryl methyl sites for hydroxylation is 1. The molecule has 1 saturated heterocycles. The molecule has 114 valence electrons. The van der Waals surface area contributed by atoms with Gasteiger partial charge in [-0.1, -0.05) is 18.2 Å². The van der Waals surface area contributed by atoms with Crippen molar-refractivity contribution in [2.24, 2.45) is 7.05 Å². The van der Waals surface area contributed by atoms with Gasteiger partial charge < -0.3 is 4.90 Å². The van der Waals surface area contributed by atoms with Gasteiger partial charge in [0.15, 0.2) is 0 Å². The van der Waals surface area contributed by atoms with Gasteiger partial charge in [0, 0.05) is 31.0 Å². The minimum atomic E-state index is -0.368. The summed E-state index contributed by atoms with van der Waals surface area (Å²) in [5.74, 6) is 0.109. The lowest BCUT2D eigenvalue weighted by molar-refractivity contribution is 0.0750. The zero-order chi connectivity index (χ0) is 15.7. The van der Waals surface area contributed by atoms with Gasteiger partial charge in [-0.2, -0.15) is 5.10 Å². The number of nitrogens with zero attached hydrogens (tertiary/aromatic N) is 3. The normalized spacial score (nSPS) is 17.7. The van der Waals surface area contributed by atoms with Crippen molar-refractivity contribution in [1.29, 1.82) is 0 Å². The lowest BCUT2D eigenvalue weighted by atomic mass is 10.2. The smallest absolute Gasteiger partial charge is 0.275 e. The Morgan fingerprint density at radius 3 is 2.82 bits per heavy atom. The standard InChI is InChI=1S/C15H14FN3O2S/c1-18-13(20)7-6-12(17-18)14(21)19-8-9-22-15(19)10-4-2-3-5-11(10)16/h2-7,15H,8-9H2,1H3/t15-/m1/s1. The lowest BCUT2D eigenvalue weighted by Crippen LogP contribution is -2.33. The number of carbonyl (C=O) groups is 1. The lowest BCUT2D eigenvalue weighted by Gasteiger charge is -2.24. The first-order valence-corrected chi connectivity index (χ1v) is 7.84. The molecule has 22 heavy (non-hydrogen) atoms. The molecule has 0 radical (unpaired) electrons. The van der Waals surface area contributed by atoms with Crippen LogP contribution < -0.4 is 5.56 Å². The summed E-state index contributed by atoms with van der Waals surface area (Å²) >= 11 is 1.52. The summed E-state index contributed by atoms with van der Waals surface area (Å²) in [4.78, 5) is 25.6. The van der Waals surface area contributed by atoms with Gasteiger partial charge >= 0.3 is 0 Å². The van der Waals surface area contributed by atoms with E-state index in [1.54, 1.807) is 23.1 Å². The van der Waals surface area contributed by atoms with Crippen LogP contribution in [0.15, 0.2) is 41.2 Å². The first-order valence-electron chi connectivity index (χ1n) is 6.79. The molecule has 2 heterocycles. The minimum absolute atomic E-state index is 0.186. The van der Waals surface area contributed by atoms with E-state index in [0.29, 0.717) is 12.1 Å². The molecule has 1 amide bonds. The first-order chi connectivity index (χ1) is 10.6. The Hall–Kier alpha value is -2.15. The molecule has 1 aromatic heterocycles. The van der Waals surface area contributed by atoms with Crippen molar-refractivity contribution in [1.82, 2.24) is 14.7 Å². The van der Waals surface area contributed by atoms with Gasteiger partial charge in [0.2, 0.25) is 0 Å². The number of benzene rings is 1. The van der Waals surface area contributed by atoms with Gasteiger partial charge in [0.25, 0.3) is 11.5 Å². The van der Waals surface area contributed by atoms with Crippen LogP contribution in [0.2, 0.25) is 0 Å². The van der Waals surface area contributed by atoms with Crippen LogP contribution in [-0.2, 0) is 7.05 Å². The summed E-state index contributed by atoms with van der Waals surface area (Å²) < 4.78 is 15.1. The first kappa shape index (κ1) is 14.8. The highest BCUT2D eigenvalue weighted by molar-refractivity contribution is 7.99. The molecule has 1 aromatic carbocycles. The van der Waals surface area contributed by atoms with E-state index in [-0.39, 0.29) is 28.4 Å². The van der Waals surface area contributed by atoms with Crippen molar-refractivity contribution in [3.8, 4) is 0 Å². The Balaban J connectivity index is 1.93. The van der Waals surface area contributed by atoms with E-state index in [9.17, 15) is 14.0 Å². The van der Waals surface area contributed by atoms with Crippen LogP contribution in [0.1, 0.15) is 21.4 Å². The molecular formula is C15H14FN3O2S. The van der Waals surface area contributed by atoms with Crippen LogP contribution >= 0.6 is 11.8 Å². The topological polar surface area (TPSA) is 55.2 Å². The number of rotatable bonds is 2. The van der Waals surface area contributed by atoms with Crippen molar-refractivity contribution >= 4 is 17.7 Å². The maximum atomic E-state index is 14.0. The van der Waals surface area contributed by atoms with Crippen molar-refractivity contribution in [2.45, 2.75) is 5.37 Å². The maximum absolute atomic E-state index is 14.0. The molecule has 0 bridgehead atoms. The second-order valence-corrected chi connectivity index (χ2v) is 6.11. The van der Waals surface area contributed by atoms with Crippen molar-refractivity contribution in [2.75, 3.05) is 12.3 Å². The Morgan fingerprint density at radius 1 is 1.32 bits per heavy atom. The number of aromatic nitrogens is 2. The molecule has 1 fully saturated rings. The van der Waals surface area contributed by atoms with Gasteiger partial charge in [-0.25, -0.2) is 9.07 Å². The summed E-state index contributed by atoms with van der Waals surface area (Å²) in [6.45, 7) is 0.521. The van der Waals surface area contributed by atoms with E-state index in [4.69, 9.17) is 0 Å². The van der Waals surface area contributed by atoms with Crippen LogP contribution in [0, 0.1) is 5.82 Å². The Bertz CT molecular complexity index is 777.